The van der Waals surface area contributed by atoms with E-state index in [1.54, 1.807) is 23.5 Å². The van der Waals surface area contributed by atoms with Crippen LogP contribution in [0, 0.1) is 0 Å². The van der Waals surface area contributed by atoms with Crippen LogP contribution >= 0.6 is 0 Å². The molecule has 0 bridgehead atoms. The SMILES string of the molecule is CN(C)CCCOc1cccc2nc(NC(=O)C(F)(F)F)nn12. The maximum atomic E-state index is 12.2. The number of anilines is 1. The molecule has 126 valence electrons. The summed E-state index contributed by atoms with van der Waals surface area (Å²) in [6, 6.07) is 4.80. The molecule has 0 aromatic carbocycles. The number of hydrogen-bond donors (Lipinski definition) is 1. The Morgan fingerprint density at radius 1 is 1.39 bits per heavy atom. The van der Waals surface area contributed by atoms with Crippen LogP contribution in [0.3, 0.4) is 0 Å². The Kier molecular flexibility index (Phi) is 5.04. The van der Waals surface area contributed by atoms with Gasteiger partial charge in [-0.2, -0.15) is 22.7 Å². The highest BCUT2D eigenvalue weighted by Gasteiger charge is 2.39. The van der Waals surface area contributed by atoms with Crippen LogP contribution in [0.5, 0.6) is 5.88 Å². The molecule has 2 heterocycles. The lowest BCUT2D eigenvalue weighted by Crippen LogP contribution is -2.30. The zero-order chi connectivity index (χ0) is 17.0. The summed E-state index contributed by atoms with van der Waals surface area (Å²) in [6.07, 6.45) is -4.22. The number of alkyl halides is 3. The van der Waals surface area contributed by atoms with E-state index >= 15 is 0 Å². The minimum atomic E-state index is -5.00. The van der Waals surface area contributed by atoms with Crippen LogP contribution in [0.25, 0.3) is 5.65 Å². The first kappa shape index (κ1) is 17.0. The van der Waals surface area contributed by atoms with E-state index in [2.05, 4.69) is 10.1 Å². The molecule has 1 N–H and O–H groups in total. The van der Waals surface area contributed by atoms with E-state index in [1.165, 1.54) is 4.52 Å². The van der Waals surface area contributed by atoms with Gasteiger partial charge in [0.25, 0.3) is 0 Å². The summed E-state index contributed by atoms with van der Waals surface area (Å²) >= 11 is 0. The molecule has 2 aromatic heterocycles. The smallest absolute Gasteiger partial charge is 0.471 e. The first-order chi connectivity index (χ1) is 10.8. The van der Waals surface area contributed by atoms with E-state index in [1.807, 2.05) is 19.0 Å². The second-order valence-electron chi connectivity index (χ2n) is 5.03. The fourth-order valence-corrected chi connectivity index (χ4v) is 1.77. The predicted molar refractivity (Wildman–Crippen MR) is 76.3 cm³/mol. The highest BCUT2D eigenvalue weighted by atomic mass is 19.4. The maximum Gasteiger partial charge on any atom is 0.471 e. The number of carbonyl (C=O) groups is 1. The molecule has 0 aliphatic carbocycles. The third kappa shape index (κ3) is 4.55. The average Bonchev–Trinajstić information content (AvgIpc) is 2.85. The highest BCUT2D eigenvalue weighted by molar-refractivity contribution is 5.93. The van der Waals surface area contributed by atoms with Gasteiger partial charge >= 0.3 is 12.1 Å². The number of rotatable bonds is 6. The maximum absolute atomic E-state index is 12.2. The van der Waals surface area contributed by atoms with Crippen molar-refractivity contribution in [2.24, 2.45) is 0 Å². The number of nitrogens with zero attached hydrogens (tertiary/aromatic N) is 4. The van der Waals surface area contributed by atoms with Crippen molar-refractivity contribution in [2.45, 2.75) is 12.6 Å². The van der Waals surface area contributed by atoms with Crippen molar-refractivity contribution < 1.29 is 22.7 Å². The Morgan fingerprint density at radius 3 is 2.78 bits per heavy atom. The molecule has 0 aliphatic rings. The summed E-state index contributed by atoms with van der Waals surface area (Å²) in [5.41, 5.74) is 0.271. The summed E-state index contributed by atoms with van der Waals surface area (Å²) in [5, 5.41) is 5.43. The van der Waals surface area contributed by atoms with Crippen LogP contribution in [0.2, 0.25) is 0 Å². The van der Waals surface area contributed by atoms with Gasteiger partial charge in [0.15, 0.2) is 5.65 Å². The van der Waals surface area contributed by atoms with Crippen molar-refractivity contribution >= 4 is 17.5 Å². The van der Waals surface area contributed by atoms with Crippen LogP contribution in [-0.4, -0.2) is 58.8 Å². The van der Waals surface area contributed by atoms with E-state index in [0.29, 0.717) is 12.5 Å². The highest BCUT2D eigenvalue weighted by Crippen LogP contribution is 2.19. The largest absolute Gasteiger partial charge is 0.478 e. The van der Waals surface area contributed by atoms with Crippen molar-refractivity contribution in [1.29, 1.82) is 0 Å². The number of halogens is 3. The minimum absolute atomic E-state index is 0.271. The van der Waals surface area contributed by atoms with Crippen molar-refractivity contribution in [2.75, 3.05) is 32.6 Å². The lowest BCUT2D eigenvalue weighted by atomic mass is 10.4. The molecule has 23 heavy (non-hydrogen) atoms. The molecule has 0 unspecified atom stereocenters. The van der Waals surface area contributed by atoms with Crippen molar-refractivity contribution in [3.05, 3.63) is 18.2 Å². The first-order valence-corrected chi connectivity index (χ1v) is 6.79. The second-order valence-corrected chi connectivity index (χ2v) is 5.03. The standard InChI is InChI=1S/C13H16F3N5O2/c1-20(2)7-4-8-23-10-6-3-5-9-17-12(19-21(9)10)18-11(22)13(14,15)16/h3,5-6H,4,7-8H2,1-2H3,(H,18,19,22). The molecule has 0 saturated heterocycles. The van der Waals surface area contributed by atoms with Gasteiger partial charge in [0.2, 0.25) is 11.8 Å². The molecule has 0 fully saturated rings. The van der Waals surface area contributed by atoms with Gasteiger partial charge in [0, 0.05) is 12.6 Å². The van der Waals surface area contributed by atoms with Crippen molar-refractivity contribution in [3.63, 3.8) is 0 Å². The van der Waals surface area contributed by atoms with Gasteiger partial charge in [0.05, 0.1) is 6.61 Å². The van der Waals surface area contributed by atoms with Crippen molar-refractivity contribution in [1.82, 2.24) is 19.5 Å². The van der Waals surface area contributed by atoms with E-state index < -0.39 is 18.0 Å². The van der Waals surface area contributed by atoms with Crippen LogP contribution < -0.4 is 10.1 Å². The number of pyridine rings is 1. The Morgan fingerprint density at radius 2 is 2.13 bits per heavy atom. The number of ether oxygens (including phenoxy) is 1. The van der Waals surface area contributed by atoms with Crippen molar-refractivity contribution in [3.8, 4) is 5.88 Å². The number of hydrogen-bond acceptors (Lipinski definition) is 5. The molecule has 2 rings (SSSR count). The topological polar surface area (TPSA) is 71.8 Å². The Hall–Kier alpha value is -2.36. The second kappa shape index (κ2) is 6.82. The molecule has 0 spiro atoms. The lowest BCUT2D eigenvalue weighted by molar-refractivity contribution is -0.167. The number of carbonyl (C=O) groups excluding carboxylic acids is 1. The fourth-order valence-electron chi connectivity index (χ4n) is 1.77. The van der Waals surface area contributed by atoms with Gasteiger partial charge in [0.1, 0.15) is 0 Å². The minimum Gasteiger partial charge on any atom is -0.478 e. The average molecular weight is 331 g/mol. The molecule has 0 radical (unpaired) electrons. The monoisotopic (exact) mass is 331 g/mol. The van der Waals surface area contributed by atoms with E-state index in [9.17, 15) is 18.0 Å². The fraction of sp³-hybridized carbons (Fsp3) is 0.462. The molecule has 0 saturated carbocycles. The van der Waals surface area contributed by atoms with Gasteiger partial charge in [-0.15, -0.1) is 5.10 Å². The Balaban J connectivity index is 2.10. The molecule has 1 amide bonds. The van der Waals surface area contributed by atoms with E-state index in [-0.39, 0.29) is 5.65 Å². The lowest BCUT2D eigenvalue weighted by Gasteiger charge is -2.10. The number of fused-ring (bicyclic) bond motifs is 1. The molecule has 7 nitrogen and oxygen atoms in total. The summed E-state index contributed by atoms with van der Waals surface area (Å²) in [6.45, 7) is 1.25. The Labute approximate surface area is 130 Å². The summed E-state index contributed by atoms with van der Waals surface area (Å²) in [5.74, 6) is -2.22. The first-order valence-electron chi connectivity index (χ1n) is 6.79. The summed E-state index contributed by atoms with van der Waals surface area (Å²) in [7, 11) is 3.88. The molecule has 2 aromatic rings. The number of nitrogens with one attached hydrogen (secondary N) is 1. The van der Waals surface area contributed by atoms with Crippen LogP contribution in [-0.2, 0) is 4.79 Å². The van der Waals surface area contributed by atoms with Gasteiger partial charge in [-0.25, -0.2) is 0 Å². The van der Waals surface area contributed by atoms with Gasteiger partial charge in [-0.1, -0.05) is 6.07 Å². The normalized spacial score (nSPS) is 11.9. The zero-order valence-corrected chi connectivity index (χ0v) is 12.6. The van der Waals surface area contributed by atoms with Crippen LogP contribution in [0.1, 0.15) is 6.42 Å². The van der Waals surface area contributed by atoms with Crippen LogP contribution in [0.4, 0.5) is 19.1 Å². The number of aromatic nitrogens is 3. The molecule has 0 aliphatic heterocycles. The van der Waals surface area contributed by atoms with Crippen LogP contribution in [0.15, 0.2) is 18.2 Å². The molecule has 10 heteroatoms. The van der Waals surface area contributed by atoms with Gasteiger partial charge in [-0.3, -0.25) is 10.1 Å². The summed E-state index contributed by atoms with van der Waals surface area (Å²) < 4.78 is 43.5. The molecule has 0 atom stereocenters. The van der Waals surface area contributed by atoms with E-state index in [4.69, 9.17) is 4.74 Å². The quantitative estimate of drug-likeness (QED) is 0.814. The Bertz CT molecular complexity index is 684. The van der Waals surface area contributed by atoms with E-state index in [0.717, 1.165) is 13.0 Å². The zero-order valence-electron chi connectivity index (χ0n) is 12.6. The summed E-state index contributed by atoms with van der Waals surface area (Å²) in [4.78, 5) is 16.7. The van der Waals surface area contributed by atoms with Gasteiger partial charge < -0.3 is 9.64 Å². The third-order valence-corrected chi connectivity index (χ3v) is 2.81. The molecular weight excluding hydrogens is 315 g/mol. The number of amides is 1. The molecular formula is C13H16F3N5O2. The predicted octanol–water partition coefficient (Wildman–Crippen LogP) is 1.56. The third-order valence-electron chi connectivity index (χ3n) is 2.81. The van der Waals surface area contributed by atoms with Gasteiger partial charge in [-0.05, 0) is 26.6 Å².